The first-order valence-electron chi connectivity index (χ1n) is 7.16. The maximum Gasteiger partial charge on any atom is 0.230 e. The summed E-state index contributed by atoms with van der Waals surface area (Å²) in [5.74, 6) is 1.74. The summed E-state index contributed by atoms with van der Waals surface area (Å²) in [4.78, 5) is 12.0. The minimum Gasteiger partial charge on any atom is -0.359 e. The van der Waals surface area contributed by atoms with Gasteiger partial charge in [0.15, 0.2) is 5.76 Å². The lowest BCUT2D eigenvalue weighted by atomic mass is 10.2. The van der Waals surface area contributed by atoms with Crippen molar-refractivity contribution in [1.82, 2.24) is 10.5 Å². The molecule has 2 aromatic rings. The van der Waals surface area contributed by atoms with Crippen molar-refractivity contribution in [3.05, 3.63) is 52.4 Å². The van der Waals surface area contributed by atoms with Gasteiger partial charge in [-0.1, -0.05) is 41.9 Å². The molecule has 0 bridgehead atoms. The number of halogens is 1. The highest BCUT2D eigenvalue weighted by Crippen LogP contribution is 2.21. The van der Waals surface area contributed by atoms with Gasteiger partial charge in [0.25, 0.3) is 0 Å². The van der Waals surface area contributed by atoms with Crippen LogP contribution in [0.25, 0.3) is 0 Å². The van der Waals surface area contributed by atoms with Crippen LogP contribution in [0.2, 0.25) is 5.02 Å². The van der Waals surface area contributed by atoms with Gasteiger partial charge in [-0.05, 0) is 25.0 Å². The zero-order chi connectivity index (χ0) is 15.9. The van der Waals surface area contributed by atoms with Crippen molar-refractivity contribution < 1.29 is 9.32 Å². The summed E-state index contributed by atoms with van der Waals surface area (Å²) in [5, 5.41) is 7.57. The molecule has 0 saturated carbocycles. The highest BCUT2D eigenvalue weighted by atomic mass is 35.5. The Morgan fingerprint density at radius 1 is 1.45 bits per heavy atom. The summed E-state index contributed by atoms with van der Waals surface area (Å²) in [6.45, 7) is 3.90. The number of nitrogens with zero attached hydrogens (tertiary/aromatic N) is 1. The summed E-state index contributed by atoms with van der Waals surface area (Å²) in [6.07, 6.45) is 0.817. The van der Waals surface area contributed by atoms with Crippen molar-refractivity contribution >= 4 is 29.3 Å². The van der Waals surface area contributed by atoms with Gasteiger partial charge < -0.3 is 9.84 Å². The van der Waals surface area contributed by atoms with E-state index >= 15 is 0 Å². The SMILES string of the molecule is CCc1cc(C(C)NC(=O)CSCc2ccccc2Cl)on1. The molecule has 4 nitrogen and oxygen atoms in total. The third-order valence-electron chi connectivity index (χ3n) is 3.19. The highest BCUT2D eigenvalue weighted by Gasteiger charge is 2.14. The fourth-order valence-electron chi connectivity index (χ4n) is 1.92. The van der Waals surface area contributed by atoms with E-state index in [0.717, 1.165) is 22.7 Å². The van der Waals surface area contributed by atoms with Crippen molar-refractivity contribution in [2.75, 3.05) is 5.75 Å². The summed E-state index contributed by atoms with van der Waals surface area (Å²) >= 11 is 7.62. The molecular weight excluding hydrogens is 320 g/mol. The zero-order valence-electron chi connectivity index (χ0n) is 12.6. The van der Waals surface area contributed by atoms with Crippen molar-refractivity contribution in [2.45, 2.75) is 32.1 Å². The van der Waals surface area contributed by atoms with E-state index in [1.807, 2.05) is 44.2 Å². The first-order chi connectivity index (χ1) is 10.6. The predicted octanol–water partition coefficient (Wildman–Crippen LogP) is 4.00. The van der Waals surface area contributed by atoms with Gasteiger partial charge in [-0.2, -0.15) is 0 Å². The number of hydrogen-bond acceptors (Lipinski definition) is 4. The van der Waals surface area contributed by atoms with Crippen molar-refractivity contribution in [2.24, 2.45) is 0 Å². The number of aryl methyl sites for hydroxylation is 1. The molecule has 2 rings (SSSR count). The molecule has 0 aliphatic heterocycles. The minimum absolute atomic E-state index is 0.0287. The molecule has 118 valence electrons. The maximum absolute atomic E-state index is 12.0. The Balaban J connectivity index is 1.77. The molecule has 1 amide bonds. The third kappa shape index (κ3) is 4.78. The van der Waals surface area contributed by atoms with Crippen LogP contribution in [0.3, 0.4) is 0 Å². The third-order valence-corrected chi connectivity index (χ3v) is 4.54. The quantitative estimate of drug-likeness (QED) is 0.829. The highest BCUT2D eigenvalue weighted by molar-refractivity contribution is 7.99. The Bertz CT molecular complexity index is 630. The van der Waals surface area contributed by atoms with E-state index in [-0.39, 0.29) is 11.9 Å². The monoisotopic (exact) mass is 338 g/mol. The van der Waals surface area contributed by atoms with Gasteiger partial charge in [-0.25, -0.2) is 0 Å². The smallest absolute Gasteiger partial charge is 0.230 e. The lowest BCUT2D eigenvalue weighted by molar-refractivity contribution is -0.119. The topological polar surface area (TPSA) is 55.1 Å². The number of carbonyl (C=O) groups is 1. The molecule has 0 aliphatic carbocycles. The van der Waals surface area contributed by atoms with Crippen molar-refractivity contribution in [1.29, 1.82) is 0 Å². The van der Waals surface area contributed by atoms with Crippen LogP contribution < -0.4 is 5.32 Å². The molecule has 0 saturated heterocycles. The standard InChI is InChI=1S/C16H19ClN2O2S/c1-3-13-8-15(21-19-13)11(2)18-16(20)10-22-9-12-6-4-5-7-14(12)17/h4-8,11H,3,9-10H2,1-2H3,(H,18,20). The molecule has 1 unspecified atom stereocenters. The van der Waals surface area contributed by atoms with Crippen LogP contribution in [-0.2, 0) is 17.0 Å². The second-order valence-electron chi connectivity index (χ2n) is 4.95. The molecule has 1 N–H and O–H groups in total. The summed E-state index contributed by atoms with van der Waals surface area (Å²) < 4.78 is 5.22. The molecule has 0 radical (unpaired) electrons. The van der Waals surface area contributed by atoms with Crippen LogP contribution in [-0.4, -0.2) is 16.8 Å². The van der Waals surface area contributed by atoms with Crippen LogP contribution in [0, 0.1) is 0 Å². The van der Waals surface area contributed by atoms with E-state index < -0.39 is 0 Å². The molecule has 0 fully saturated rings. The normalized spacial score (nSPS) is 12.1. The van der Waals surface area contributed by atoms with Crippen LogP contribution in [0.5, 0.6) is 0 Å². The Kier molecular flexibility index (Phi) is 6.34. The van der Waals surface area contributed by atoms with E-state index in [0.29, 0.717) is 17.3 Å². The van der Waals surface area contributed by atoms with E-state index in [1.54, 1.807) is 0 Å². The fraction of sp³-hybridized carbons (Fsp3) is 0.375. The lowest BCUT2D eigenvalue weighted by Gasteiger charge is -2.10. The summed E-state index contributed by atoms with van der Waals surface area (Å²) in [5.41, 5.74) is 1.93. The summed E-state index contributed by atoms with van der Waals surface area (Å²) in [7, 11) is 0. The van der Waals surface area contributed by atoms with Crippen LogP contribution in [0.4, 0.5) is 0 Å². The molecule has 0 aliphatic rings. The average Bonchev–Trinajstić information content (AvgIpc) is 2.98. The number of rotatable bonds is 7. The van der Waals surface area contributed by atoms with Gasteiger partial charge in [0.1, 0.15) is 0 Å². The number of benzene rings is 1. The van der Waals surface area contributed by atoms with Gasteiger partial charge in [-0.3, -0.25) is 4.79 Å². The number of nitrogens with one attached hydrogen (secondary N) is 1. The van der Waals surface area contributed by atoms with Gasteiger partial charge in [0.05, 0.1) is 17.5 Å². The predicted molar refractivity (Wildman–Crippen MR) is 90.1 cm³/mol. The molecule has 0 spiro atoms. The van der Waals surface area contributed by atoms with Crippen LogP contribution in [0.1, 0.15) is 36.9 Å². The van der Waals surface area contributed by atoms with E-state index in [9.17, 15) is 4.79 Å². The average molecular weight is 339 g/mol. The zero-order valence-corrected chi connectivity index (χ0v) is 14.2. The molecule has 1 aromatic heterocycles. The Morgan fingerprint density at radius 2 is 2.23 bits per heavy atom. The van der Waals surface area contributed by atoms with Crippen LogP contribution in [0.15, 0.2) is 34.9 Å². The molecule has 1 heterocycles. The van der Waals surface area contributed by atoms with Gasteiger partial charge in [0, 0.05) is 16.8 Å². The number of carbonyl (C=O) groups excluding carboxylic acids is 1. The Morgan fingerprint density at radius 3 is 2.91 bits per heavy atom. The second-order valence-corrected chi connectivity index (χ2v) is 6.34. The number of amides is 1. The first kappa shape index (κ1) is 16.9. The van der Waals surface area contributed by atoms with Gasteiger partial charge in [-0.15, -0.1) is 11.8 Å². The molecule has 22 heavy (non-hydrogen) atoms. The van der Waals surface area contributed by atoms with Crippen molar-refractivity contribution in [3.63, 3.8) is 0 Å². The second kappa shape index (κ2) is 8.25. The first-order valence-corrected chi connectivity index (χ1v) is 8.69. The lowest BCUT2D eigenvalue weighted by Crippen LogP contribution is -2.28. The number of thioether (sulfide) groups is 1. The molecule has 1 aromatic carbocycles. The fourth-order valence-corrected chi connectivity index (χ4v) is 3.05. The maximum atomic E-state index is 12.0. The van der Waals surface area contributed by atoms with E-state index in [4.69, 9.17) is 16.1 Å². The molecular formula is C16H19ClN2O2S. The van der Waals surface area contributed by atoms with Gasteiger partial charge >= 0.3 is 0 Å². The number of aromatic nitrogens is 1. The van der Waals surface area contributed by atoms with Gasteiger partial charge in [0.2, 0.25) is 5.91 Å². The summed E-state index contributed by atoms with van der Waals surface area (Å²) in [6, 6.07) is 9.36. The minimum atomic E-state index is -0.179. The Labute approximate surface area is 139 Å². The van der Waals surface area contributed by atoms with E-state index in [1.165, 1.54) is 11.8 Å². The largest absolute Gasteiger partial charge is 0.359 e. The van der Waals surface area contributed by atoms with Crippen molar-refractivity contribution in [3.8, 4) is 0 Å². The Hall–Kier alpha value is -1.46. The number of hydrogen-bond donors (Lipinski definition) is 1. The molecule has 1 atom stereocenters. The molecule has 6 heteroatoms. The van der Waals surface area contributed by atoms with E-state index in [2.05, 4.69) is 10.5 Å². The van der Waals surface area contributed by atoms with Crippen LogP contribution >= 0.6 is 23.4 Å².